The van der Waals surface area contributed by atoms with Gasteiger partial charge in [0.15, 0.2) is 0 Å². The van der Waals surface area contributed by atoms with Crippen LogP contribution in [0.3, 0.4) is 0 Å². The molecule has 1 atom stereocenters. The summed E-state index contributed by atoms with van der Waals surface area (Å²) in [6, 6.07) is 15.8. The summed E-state index contributed by atoms with van der Waals surface area (Å²) in [4.78, 5) is 29.0. The van der Waals surface area contributed by atoms with E-state index in [1.165, 1.54) is 0 Å². The number of carbonyl (C=O) groups is 2. The predicted octanol–water partition coefficient (Wildman–Crippen LogP) is 2.95. The van der Waals surface area contributed by atoms with Crippen LogP contribution in [0.5, 0.6) is 0 Å². The van der Waals surface area contributed by atoms with Crippen LogP contribution in [0.4, 0.5) is 11.4 Å². The number of aryl methyl sites for hydroxylation is 1. The first-order valence-corrected chi connectivity index (χ1v) is 10.1. The largest absolute Gasteiger partial charge is 0.378 e. The van der Waals surface area contributed by atoms with Crippen LogP contribution in [0.1, 0.15) is 30.0 Å². The number of benzene rings is 2. The minimum Gasteiger partial charge on any atom is -0.378 e. The fraction of sp³-hybridized carbons (Fsp3) is 0.391. The zero-order valence-corrected chi connectivity index (χ0v) is 17.4. The maximum atomic E-state index is 12.4. The Hall–Kier alpha value is -2.86. The average Bonchev–Trinajstić information content (AvgIpc) is 3.24. The van der Waals surface area contributed by atoms with Crippen LogP contribution in [0, 0.1) is 6.92 Å². The van der Waals surface area contributed by atoms with Crippen molar-refractivity contribution in [3.05, 3.63) is 59.7 Å². The molecule has 2 N–H and O–H groups in total. The molecule has 1 aliphatic rings. The van der Waals surface area contributed by atoms with Gasteiger partial charge in [-0.1, -0.05) is 29.8 Å². The van der Waals surface area contributed by atoms with Gasteiger partial charge in [-0.25, -0.2) is 0 Å². The van der Waals surface area contributed by atoms with Gasteiger partial charge in [0.05, 0.1) is 6.04 Å². The summed E-state index contributed by atoms with van der Waals surface area (Å²) in [7, 11) is 4.03. The normalized spacial score (nSPS) is 15.0. The second kappa shape index (κ2) is 9.56. The molecule has 1 fully saturated rings. The van der Waals surface area contributed by atoms with Gasteiger partial charge in [-0.2, -0.15) is 0 Å². The Kier molecular flexibility index (Phi) is 6.88. The molecule has 0 aromatic heterocycles. The molecule has 0 radical (unpaired) electrons. The summed E-state index contributed by atoms with van der Waals surface area (Å²) in [6.45, 7) is 4.39. The fourth-order valence-corrected chi connectivity index (χ4v) is 3.60. The van der Waals surface area contributed by atoms with Crippen LogP contribution in [-0.2, 0) is 9.59 Å². The molecule has 154 valence electrons. The molecule has 0 spiro atoms. The number of rotatable bonds is 6. The van der Waals surface area contributed by atoms with Crippen LogP contribution in [0.2, 0.25) is 0 Å². The van der Waals surface area contributed by atoms with Crippen molar-refractivity contribution in [2.24, 2.45) is 0 Å². The van der Waals surface area contributed by atoms with Crippen LogP contribution in [0.25, 0.3) is 0 Å². The average molecular weight is 395 g/mol. The maximum Gasteiger partial charge on any atom is 0.313 e. The van der Waals surface area contributed by atoms with Crippen molar-refractivity contribution in [2.45, 2.75) is 25.8 Å². The second-order valence-electron chi connectivity index (χ2n) is 7.78. The van der Waals surface area contributed by atoms with Gasteiger partial charge in [-0.3, -0.25) is 14.5 Å². The Balaban J connectivity index is 1.63. The van der Waals surface area contributed by atoms with E-state index in [-0.39, 0.29) is 6.04 Å². The highest BCUT2D eigenvalue weighted by molar-refractivity contribution is 6.39. The second-order valence-corrected chi connectivity index (χ2v) is 7.78. The molecular formula is C23H30N4O2. The Morgan fingerprint density at radius 2 is 1.59 bits per heavy atom. The first-order chi connectivity index (χ1) is 13.9. The zero-order chi connectivity index (χ0) is 20.8. The van der Waals surface area contributed by atoms with Gasteiger partial charge in [-0.05, 0) is 62.7 Å². The van der Waals surface area contributed by atoms with E-state index in [1.54, 1.807) is 12.1 Å². The lowest BCUT2D eigenvalue weighted by atomic mass is 10.0. The summed E-state index contributed by atoms with van der Waals surface area (Å²) in [5, 5.41) is 5.48. The molecule has 6 heteroatoms. The Morgan fingerprint density at radius 1 is 0.966 bits per heavy atom. The van der Waals surface area contributed by atoms with Crippen molar-refractivity contribution in [1.29, 1.82) is 0 Å². The summed E-state index contributed by atoms with van der Waals surface area (Å²) in [5.41, 5.74) is 4.00. The SMILES string of the molecule is Cc1ccc(NC(=O)C(=O)NC[C@H](c2ccc(N(C)C)cc2)N2CCCC2)cc1. The molecule has 3 rings (SSSR count). The van der Waals surface area contributed by atoms with E-state index in [2.05, 4.69) is 44.7 Å². The first kappa shape index (κ1) is 20.9. The standard InChI is InChI=1S/C23H30N4O2/c1-17-6-10-19(11-7-17)25-23(29)22(28)24-16-21(27-14-4-5-15-27)18-8-12-20(13-9-18)26(2)3/h6-13,21H,4-5,14-16H2,1-3H3,(H,24,28)(H,25,29)/t21-/m1/s1. The maximum absolute atomic E-state index is 12.4. The summed E-state index contributed by atoms with van der Waals surface area (Å²) in [5.74, 6) is -1.25. The van der Waals surface area contributed by atoms with Crippen molar-refractivity contribution < 1.29 is 9.59 Å². The number of hydrogen-bond acceptors (Lipinski definition) is 4. The molecule has 1 aliphatic heterocycles. The third kappa shape index (κ3) is 5.57. The molecule has 6 nitrogen and oxygen atoms in total. The third-order valence-electron chi connectivity index (χ3n) is 5.35. The van der Waals surface area contributed by atoms with E-state index in [0.717, 1.165) is 42.7 Å². The lowest BCUT2D eigenvalue weighted by Gasteiger charge is -2.28. The zero-order valence-electron chi connectivity index (χ0n) is 17.4. The Bertz CT molecular complexity index is 825. The van der Waals surface area contributed by atoms with E-state index < -0.39 is 11.8 Å². The van der Waals surface area contributed by atoms with Crippen LogP contribution >= 0.6 is 0 Å². The Morgan fingerprint density at radius 3 is 2.17 bits per heavy atom. The quantitative estimate of drug-likeness (QED) is 0.740. The van der Waals surface area contributed by atoms with Gasteiger partial charge in [0.1, 0.15) is 0 Å². The monoisotopic (exact) mass is 394 g/mol. The summed E-state index contributed by atoms with van der Waals surface area (Å²) >= 11 is 0. The number of nitrogens with zero attached hydrogens (tertiary/aromatic N) is 2. The highest BCUT2D eigenvalue weighted by Crippen LogP contribution is 2.26. The van der Waals surface area contributed by atoms with Gasteiger partial charge < -0.3 is 15.5 Å². The minimum atomic E-state index is -0.642. The van der Waals surface area contributed by atoms with E-state index in [4.69, 9.17) is 0 Å². The van der Waals surface area contributed by atoms with Crippen molar-refractivity contribution in [3.63, 3.8) is 0 Å². The highest BCUT2D eigenvalue weighted by Gasteiger charge is 2.25. The molecule has 0 bridgehead atoms. The van der Waals surface area contributed by atoms with E-state index in [0.29, 0.717) is 12.2 Å². The first-order valence-electron chi connectivity index (χ1n) is 10.1. The molecule has 2 aromatic carbocycles. The Labute approximate surface area is 172 Å². The molecule has 2 aromatic rings. The number of likely N-dealkylation sites (tertiary alicyclic amines) is 1. The van der Waals surface area contributed by atoms with E-state index in [1.807, 2.05) is 33.2 Å². The van der Waals surface area contributed by atoms with Crippen molar-refractivity contribution in [1.82, 2.24) is 10.2 Å². The van der Waals surface area contributed by atoms with Crippen LogP contribution in [0.15, 0.2) is 48.5 Å². The van der Waals surface area contributed by atoms with Gasteiger partial charge in [0.2, 0.25) is 0 Å². The van der Waals surface area contributed by atoms with Gasteiger partial charge in [0, 0.05) is 32.0 Å². The number of amides is 2. The van der Waals surface area contributed by atoms with Crippen LogP contribution < -0.4 is 15.5 Å². The third-order valence-corrected chi connectivity index (χ3v) is 5.35. The molecule has 1 heterocycles. The molecule has 29 heavy (non-hydrogen) atoms. The molecule has 0 aliphatic carbocycles. The number of hydrogen-bond donors (Lipinski definition) is 2. The number of anilines is 2. The van der Waals surface area contributed by atoms with Gasteiger partial charge in [0.25, 0.3) is 0 Å². The molecule has 1 saturated heterocycles. The van der Waals surface area contributed by atoms with E-state index in [9.17, 15) is 9.59 Å². The molecule has 0 saturated carbocycles. The smallest absolute Gasteiger partial charge is 0.313 e. The van der Waals surface area contributed by atoms with Crippen molar-refractivity contribution in [3.8, 4) is 0 Å². The summed E-state index contributed by atoms with van der Waals surface area (Å²) in [6.07, 6.45) is 2.32. The van der Waals surface area contributed by atoms with E-state index >= 15 is 0 Å². The van der Waals surface area contributed by atoms with Gasteiger partial charge >= 0.3 is 11.8 Å². The lowest BCUT2D eigenvalue weighted by molar-refractivity contribution is -0.136. The molecule has 2 amide bonds. The number of carbonyl (C=O) groups excluding carboxylic acids is 2. The lowest BCUT2D eigenvalue weighted by Crippen LogP contribution is -2.41. The van der Waals surface area contributed by atoms with Crippen molar-refractivity contribution >= 4 is 23.2 Å². The minimum absolute atomic E-state index is 0.0600. The number of nitrogens with one attached hydrogen (secondary N) is 2. The predicted molar refractivity (Wildman–Crippen MR) is 117 cm³/mol. The fourth-order valence-electron chi connectivity index (χ4n) is 3.60. The molecule has 0 unspecified atom stereocenters. The van der Waals surface area contributed by atoms with Gasteiger partial charge in [-0.15, -0.1) is 0 Å². The topological polar surface area (TPSA) is 64.7 Å². The summed E-state index contributed by atoms with van der Waals surface area (Å²) < 4.78 is 0. The van der Waals surface area contributed by atoms with Crippen LogP contribution in [-0.4, -0.2) is 50.4 Å². The molecular weight excluding hydrogens is 364 g/mol. The van der Waals surface area contributed by atoms with Crippen molar-refractivity contribution in [2.75, 3.05) is 43.9 Å². The highest BCUT2D eigenvalue weighted by atomic mass is 16.2.